The van der Waals surface area contributed by atoms with Crippen molar-refractivity contribution < 1.29 is 9.90 Å². The summed E-state index contributed by atoms with van der Waals surface area (Å²) in [7, 11) is 0. The zero-order chi connectivity index (χ0) is 14.5. The Labute approximate surface area is 129 Å². The van der Waals surface area contributed by atoms with Gasteiger partial charge in [-0.15, -0.1) is 0 Å². The van der Waals surface area contributed by atoms with Gasteiger partial charge in [-0.25, -0.2) is 0 Å². The molecule has 4 heteroatoms. The summed E-state index contributed by atoms with van der Waals surface area (Å²) in [6.07, 6.45) is 3.39. The Morgan fingerprint density at radius 3 is 2.70 bits per heavy atom. The van der Waals surface area contributed by atoms with Crippen molar-refractivity contribution in [3.63, 3.8) is 0 Å². The van der Waals surface area contributed by atoms with Gasteiger partial charge in [-0.1, -0.05) is 28.1 Å². The van der Waals surface area contributed by atoms with Gasteiger partial charge < -0.3 is 5.11 Å². The summed E-state index contributed by atoms with van der Waals surface area (Å²) in [6.45, 7) is 5.23. The van der Waals surface area contributed by atoms with Gasteiger partial charge in [-0.2, -0.15) is 0 Å². The molecule has 0 saturated carbocycles. The van der Waals surface area contributed by atoms with Crippen molar-refractivity contribution in [3.8, 4) is 0 Å². The molecule has 110 valence electrons. The van der Waals surface area contributed by atoms with Gasteiger partial charge in [-0.3, -0.25) is 9.69 Å². The zero-order valence-corrected chi connectivity index (χ0v) is 13.5. The molecule has 0 radical (unpaired) electrons. The van der Waals surface area contributed by atoms with Gasteiger partial charge in [0.05, 0.1) is 0 Å². The van der Waals surface area contributed by atoms with Crippen LogP contribution in [0.25, 0.3) is 0 Å². The fourth-order valence-electron chi connectivity index (χ4n) is 2.78. The van der Waals surface area contributed by atoms with E-state index in [0.29, 0.717) is 12.3 Å². The minimum atomic E-state index is -0.670. The van der Waals surface area contributed by atoms with Crippen LogP contribution in [0.2, 0.25) is 0 Å². The third kappa shape index (κ3) is 4.60. The Kier molecular flexibility index (Phi) is 5.61. The van der Waals surface area contributed by atoms with Crippen molar-refractivity contribution in [2.45, 2.75) is 39.2 Å². The van der Waals surface area contributed by atoms with Crippen molar-refractivity contribution in [2.24, 2.45) is 5.92 Å². The van der Waals surface area contributed by atoms with Crippen LogP contribution in [-0.4, -0.2) is 29.1 Å². The molecule has 1 aliphatic heterocycles. The van der Waals surface area contributed by atoms with Gasteiger partial charge in [-0.05, 0) is 62.4 Å². The number of benzene rings is 1. The molecule has 0 aliphatic carbocycles. The van der Waals surface area contributed by atoms with Gasteiger partial charge in [0.1, 0.15) is 0 Å². The highest BCUT2D eigenvalue weighted by Gasteiger charge is 2.20. The number of hydrogen-bond donors (Lipinski definition) is 1. The quantitative estimate of drug-likeness (QED) is 0.886. The average molecular weight is 340 g/mol. The Balaban J connectivity index is 1.80. The molecular formula is C16H22BrNO2. The summed E-state index contributed by atoms with van der Waals surface area (Å²) in [5.41, 5.74) is 2.60. The molecule has 1 fully saturated rings. The van der Waals surface area contributed by atoms with Crippen molar-refractivity contribution in [1.82, 2.24) is 4.90 Å². The highest BCUT2D eigenvalue weighted by Crippen LogP contribution is 2.25. The van der Waals surface area contributed by atoms with Crippen LogP contribution >= 0.6 is 15.9 Å². The molecule has 0 amide bonds. The molecule has 1 aromatic rings. The molecule has 1 N–H and O–H groups in total. The molecule has 0 spiro atoms. The van der Waals surface area contributed by atoms with Crippen molar-refractivity contribution in [3.05, 3.63) is 33.8 Å². The standard InChI is InChI=1S/C16H22BrNO2/c1-12-2-4-14(15(17)10-12)11-18-8-6-13(7-9-18)3-5-16(19)20/h2,4,10,13H,3,5-9,11H2,1H3,(H,19,20). The van der Waals surface area contributed by atoms with E-state index in [4.69, 9.17) is 5.11 Å². The predicted molar refractivity (Wildman–Crippen MR) is 83.7 cm³/mol. The number of halogens is 1. The molecule has 0 atom stereocenters. The van der Waals surface area contributed by atoms with E-state index in [1.165, 1.54) is 15.6 Å². The van der Waals surface area contributed by atoms with E-state index in [2.05, 4.69) is 46.0 Å². The van der Waals surface area contributed by atoms with Crippen molar-refractivity contribution in [1.29, 1.82) is 0 Å². The maximum atomic E-state index is 10.6. The van der Waals surface area contributed by atoms with Crippen molar-refractivity contribution in [2.75, 3.05) is 13.1 Å². The van der Waals surface area contributed by atoms with Crippen LogP contribution in [0.4, 0.5) is 0 Å². The first-order chi connectivity index (χ1) is 9.54. The summed E-state index contributed by atoms with van der Waals surface area (Å²) in [6, 6.07) is 6.50. The second kappa shape index (κ2) is 7.23. The Bertz CT molecular complexity index is 468. The molecule has 1 aromatic carbocycles. The summed E-state index contributed by atoms with van der Waals surface area (Å²) >= 11 is 3.63. The van der Waals surface area contributed by atoms with Gasteiger partial charge in [0.25, 0.3) is 0 Å². The number of carbonyl (C=O) groups is 1. The maximum Gasteiger partial charge on any atom is 0.303 e. The van der Waals surface area contributed by atoms with E-state index >= 15 is 0 Å². The average Bonchev–Trinajstić information content (AvgIpc) is 2.41. The number of carboxylic acid groups (broad SMARTS) is 1. The first-order valence-corrected chi connectivity index (χ1v) is 8.03. The first kappa shape index (κ1) is 15.5. The number of aryl methyl sites for hydroxylation is 1. The van der Waals surface area contributed by atoms with Gasteiger partial charge in [0.2, 0.25) is 0 Å². The fraction of sp³-hybridized carbons (Fsp3) is 0.562. The normalized spacial score (nSPS) is 17.3. The molecule has 1 aliphatic rings. The third-order valence-corrected chi connectivity index (χ3v) is 4.81. The largest absolute Gasteiger partial charge is 0.481 e. The number of rotatable bonds is 5. The van der Waals surface area contributed by atoms with E-state index in [1.807, 2.05) is 0 Å². The van der Waals surface area contributed by atoms with E-state index in [1.54, 1.807) is 0 Å². The molecule has 0 bridgehead atoms. The Hall–Kier alpha value is -0.870. The van der Waals surface area contributed by atoms with E-state index in [-0.39, 0.29) is 0 Å². The van der Waals surface area contributed by atoms with E-state index in [9.17, 15) is 4.79 Å². The topological polar surface area (TPSA) is 40.5 Å². The molecule has 3 nitrogen and oxygen atoms in total. The highest BCUT2D eigenvalue weighted by molar-refractivity contribution is 9.10. The fourth-order valence-corrected chi connectivity index (χ4v) is 3.40. The van der Waals surface area contributed by atoms with Crippen LogP contribution in [0.3, 0.4) is 0 Å². The molecule has 1 saturated heterocycles. The smallest absolute Gasteiger partial charge is 0.303 e. The van der Waals surface area contributed by atoms with Crippen LogP contribution in [0.15, 0.2) is 22.7 Å². The summed E-state index contributed by atoms with van der Waals surface area (Å²) in [5.74, 6) is -0.0835. The molecule has 1 heterocycles. The highest BCUT2D eigenvalue weighted by atomic mass is 79.9. The second-order valence-electron chi connectivity index (χ2n) is 5.75. The number of piperidine rings is 1. The van der Waals surface area contributed by atoms with Crippen LogP contribution in [0.1, 0.15) is 36.8 Å². The minimum absolute atomic E-state index is 0.314. The van der Waals surface area contributed by atoms with Crippen LogP contribution in [0.5, 0.6) is 0 Å². The lowest BCUT2D eigenvalue weighted by Gasteiger charge is -2.32. The van der Waals surface area contributed by atoms with Gasteiger partial charge in [0, 0.05) is 17.4 Å². The summed E-state index contributed by atoms with van der Waals surface area (Å²) in [4.78, 5) is 13.1. The van der Waals surface area contributed by atoms with Crippen molar-refractivity contribution >= 4 is 21.9 Å². The monoisotopic (exact) mass is 339 g/mol. The second-order valence-corrected chi connectivity index (χ2v) is 6.60. The van der Waals surface area contributed by atoms with Crippen LogP contribution in [-0.2, 0) is 11.3 Å². The third-order valence-electron chi connectivity index (χ3n) is 4.08. The first-order valence-electron chi connectivity index (χ1n) is 7.24. The number of hydrogen-bond acceptors (Lipinski definition) is 2. The van der Waals surface area contributed by atoms with E-state index in [0.717, 1.165) is 38.9 Å². The number of likely N-dealkylation sites (tertiary alicyclic amines) is 1. The lowest BCUT2D eigenvalue weighted by molar-refractivity contribution is -0.137. The number of aliphatic carboxylic acids is 1. The van der Waals surface area contributed by atoms with Gasteiger partial charge in [0.15, 0.2) is 0 Å². The van der Waals surface area contributed by atoms with Crippen LogP contribution < -0.4 is 0 Å². The molecule has 0 unspecified atom stereocenters. The summed E-state index contributed by atoms with van der Waals surface area (Å²) in [5, 5.41) is 8.73. The van der Waals surface area contributed by atoms with Crippen LogP contribution in [0, 0.1) is 12.8 Å². The number of nitrogens with zero attached hydrogens (tertiary/aromatic N) is 1. The molecule has 20 heavy (non-hydrogen) atoms. The predicted octanol–water partition coefficient (Wildman–Crippen LogP) is 3.83. The lowest BCUT2D eigenvalue weighted by Crippen LogP contribution is -2.33. The zero-order valence-electron chi connectivity index (χ0n) is 11.9. The Morgan fingerprint density at radius 1 is 1.40 bits per heavy atom. The maximum absolute atomic E-state index is 10.6. The molecule has 2 rings (SSSR count). The molecule has 0 aromatic heterocycles. The van der Waals surface area contributed by atoms with Gasteiger partial charge >= 0.3 is 5.97 Å². The lowest BCUT2D eigenvalue weighted by atomic mass is 9.92. The van der Waals surface area contributed by atoms with E-state index < -0.39 is 5.97 Å². The minimum Gasteiger partial charge on any atom is -0.481 e. The Morgan fingerprint density at radius 2 is 2.10 bits per heavy atom. The number of carboxylic acids is 1. The molecular weight excluding hydrogens is 318 g/mol. The SMILES string of the molecule is Cc1ccc(CN2CCC(CCC(=O)O)CC2)c(Br)c1. The summed E-state index contributed by atoms with van der Waals surface area (Å²) < 4.78 is 1.19.